The van der Waals surface area contributed by atoms with Crippen molar-refractivity contribution >= 4 is 15.6 Å². The molecule has 0 atom stereocenters. The Labute approximate surface area is 95.4 Å². The van der Waals surface area contributed by atoms with Crippen LogP contribution in [0.25, 0.3) is 0 Å². The van der Waals surface area contributed by atoms with E-state index in [4.69, 9.17) is 0 Å². The first-order valence-electron chi connectivity index (χ1n) is 5.13. The molecule has 1 aliphatic heterocycles. The molecule has 1 aromatic carbocycles. The Morgan fingerprint density at radius 1 is 0.875 bits per heavy atom. The number of rotatable bonds is 0. The molecule has 1 aromatic rings. The van der Waals surface area contributed by atoms with Crippen molar-refractivity contribution in [3.63, 3.8) is 0 Å². The number of fused-ring (bicyclic) bond motifs is 1. The minimum absolute atomic E-state index is 0.262. The second-order valence-electron chi connectivity index (χ2n) is 4.39. The van der Waals surface area contributed by atoms with E-state index >= 15 is 0 Å². The van der Waals surface area contributed by atoms with Gasteiger partial charge in [0.05, 0.1) is 4.90 Å². The Balaban J connectivity index is 3.03. The molecule has 0 fully saturated rings. The molecule has 0 unspecified atom stereocenters. The lowest BCUT2D eigenvalue weighted by atomic mass is 9.93. The lowest BCUT2D eigenvalue weighted by molar-refractivity contribution is 0.102. The number of hydrogen-bond donors (Lipinski definition) is 0. The van der Waals surface area contributed by atoms with E-state index in [2.05, 4.69) is 0 Å². The maximum Gasteiger partial charge on any atom is 0.186 e. The molecule has 0 spiro atoms. The predicted molar refractivity (Wildman–Crippen MR) is 61.8 cm³/mol. The third-order valence-corrected chi connectivity index (χ3v) is 5.32. The van der Waals surface area contributed by atoms with Crippen LogP contribution in [0.3, 0.4) is 0 Å². The number of benzene rings is 1. The summed E-state index contributed by atoms with van der Waals surface area (Å²) in [5.41, 5.74) is 3.94. The van der Waals surface area contributed by atoms with Gasteiger partial charge in [-0.15, -0.1) is 0 Å². The van der Waals surface area contributed by atoms with Gasteiger partial charge in [0.15, 0.2) is 15.6 Å². The van der Waals surface area contributed by atoms with E-state index in [9.17, 15) is 13.2 Å². The summed E-state index contributed by atoms with van der Waals surface area (Å²) in [6.45, 7) is 7.42. The molecule has 0 bridgehead atoms. The Hall–Kier alpha value is -1.16. The van der Waals surface area contributed by atoms with Crippen LogP contribution in [-0.4, -0.2) is 20.0 Å². The summed E-state index contributed by atoms with van der Waals surface area (Å²) in [5, 5.41) is 0. The summed E-state index contributed by atoms with van der Waals surface area (Å²) in [4.78, 5) is 12.0. The summed E-state index contributed by atoms with van der Waals surface area (Å²) < 4.78 is 23.8. The normalized spacial score (nSPS) is 17.6. The van der Waals surface area contributed by atoms with E-state index in [0.717, 1.165) is 22.3 Å². The van der Waals surface area contributed by atoms with Crippen molar-refractivity contribution in [2.24, 2.45) is 0 Å². The van der Waals surface area contributed by atoms with Crippen LogP contribution in [-0.2, 0) is 9.84 Å². The molecule has 4 heteroatoms. The largest absolute Gasteiger partial charge is 0.293 e. The van der Waals surface area contributed by atoms with Gasteiger partial charge in [-0.25, -0.2) is 8.42 Å². The highest BCUT2D eigenvalue weighted by atomic mass is 32.2. The zero-order valence-electron chi connectivity index (χ0n) is 9.84. The van der Waals surface area contributed by atoms with E-state index in [0.29, 0.717) is 5.56 Å². The average Bonchev–Trinajstić information content (AvgIpc) is 2.42. The van der Waals surface area contributed by atoms with Gasteiger partial charge in [-0.3, -0.25) is 4.79 Å². The number of ketones is 1. The predicted octanol–water partition coefficient (Wildman–Crippen LogP) is 1.89. The summed E-state index contributed by atoms with van der Waals surface area (Å²) in [6.07, 6.45) is 0. The third kappa shape index (κ3) is 1.26. The Bertz CT molecular complexity index is 610. The second kappa shape index (κ2) is 3.17. The van der Waals surface area contributed by atoms with Crippen LogP contribution in [0.5, 0.6) is 0 Å². The van der Waals surface area contributed by atoms with Crippen molar-refractivity contribution in [1.29, 1.82) is 0 Å². The molecule has 0 saturated heterocycles. The molecule has 0 amide bonds. The van der Waals surface area contributed by atoms with Gasteiger partial charge < -0.3 is 0 Å². The molecular weight excluding hydrogens is 224 g/mol. The molecule has 86 valence electrons. The molecule has 0 radical (unpaired) electrons. The van der Waals surface area contributed by atoms with Gasteiger partial charge in [0.2, 0.25) is 0 Å². The summed E-state index contributed by atoms with van der Waals surface area (Å²) >= 11 is 0. The first-order chi connectivity index (χ1) is 7.27. The van der Waals surface area contributed by atoms with Gasteiger partial charge in [0, 0.05) is 5.56 Å². The number of Topliss-reactive ketones (excluding diaryl/α,β-unsaturated/α-hetero) is 1. The second-order valence-corrected chi connectivity index (χ2v) is 6.31. The number of hydrogen-bond acceptors (Lipinski definition) is 3. The van der Waals surface area contributed by atoms with Crippen LogP contribution >= 0.6 is 0 Å². The maximum absolute atomic E-state index is 11.9. The van der Waals surface area contributed by atoms with Crippen molar-refractivity contribution < 1.29 is 13.2 Å². The number of carbonyl (C=O) groups excluding carboxylic acids is 1. The fourth-order valence-electron chi connectivity index (χ4n) is 2.32. The first kappa shape index (κ1) is 11.3. The fourth-order valence-corrected chi connectivity index (χ4v) is 4.15. The van der Waals surface area contributed by atoms with Crippen molar-refractivity contribution in [3.05, 3.63) is 27.8 Å². The smallest absolute Gasteiger partial charge is 0.186 e. The number of carbonyl (C=O) groups is 1. The third-order valence-electron chi connectivity index (χ3n) is 3.54. The SMILES string of the molecule is Cc1c(C)c(C)c2c(c1C)C(=O)CS2(=O)=O. The van der Waals surface area contributed by atoms with E-state index in [1.807, 2.05) is 20.8 Å². The monoisotopic (exact) mass is 238 g/mol. The highest BCUT2D eigenvalue weighted by Crippen LogP contribution is 2.35. The molecule has 0 aliphatic carbocycles. The van der Waals surface area contributed by atoms with Gasteiger partial charge in [-0.05, 0) is 49.9 Å². The quantitative estimate of drug-likeness (QED) is 0.693. The summed E-state index contributed by atoms with van der Waals surface area (Å²) in [6, 6.07) is 0. The van der Waals surface area contributed by atoms with Gasteiger partial charge in [0.1, 0.15) is 5.75 Å². The van der Waals surface area contributed by atoms with Gasteiger partial charge in [0.25, 0.3) is 0 Å². The molecule has 1 heterocycles. The maximum atomic E-state index is 11.9. The van der Waals surface area contributed by atoms with Crippen LogP contribution < -0.4 is 0 Å². The van der Waals surface area contributed by atoms with E-state index in [1.165, 1.54) is 0 Å². The lowest BCUT2D eigenvalue weighted by Gasteiger charge is -2.13. The van der Waals surface area contributed by atoms with Crippen molar-refractivity contribution in [2.45, 2.75) is 32.6 Å². The Morgan fingerprint density at radius 3 is 1.94 bits per heavy atom. The van der Waals surface area contributed by atoms with Crippen LogP contribution in [0.15, 0.2) is 4.90 Å². The zero-order chi connectivity index (χ0) is 12.2. The molecular formula is C12H14O3S. The average molecular weight is 238 g/mol. The van der Waals surface area contributed by atoms with Crippen LogP contribution in [0.1, 0.15) is 32.6 Å². The Morgan fingerprint density at radius 2 is 1.38 bits per heavy atom. The van der Waals surface area contributed by atoms with Crippen molar-refractivity contribution in [2.75, 3.05) is 5.75 Å². The Kier molecular flexibility index (Phi) is 2.24. The highest BCUT2D eigenvalue weighted by Gasteiger charge is 2.37. The zero-order valence-corrected chi connectivity index (χ0v) is 10.7. The highest BCUT2D eigenvalue weighted by molar-refractivity contribution is 7.92. The topological polar surface area (TPSA) is 51.2 Å². The number of sulfone groups is 1. The molecule has 0 saturated carbocycles. The standard InChI is InChI=1S/C12H14O3S/c1-6-7(2)9(4)12-11(8(6)3)10(13)5-16(12,14)15/h5H2,1-4H3. The molecule has 0 aromatic heterocycles. The van der Waals surface area contributed by atoms with Crippen molar-refractivity contribution in [3.8, 4) is 0 Å². The molecule has 3 nitrogen and oxygen atoms in total. The van der Waals surface area contributed by atoms with E-state index in [-0.39, 0.29) is 16.4 Å². The van der Waals surface area contributed by atoms with Crippen LogP contribution in [0, 0.1) is 27.7 Å². The molecule has 16 heavy (non-hydrogen) atoms. The van der Waals surface area contributed by atoms with Gasteiger partial charge in [-0.1, -0.05) is 0 Å². The minimum Gasteiger partial charge on any atom is -0.293 e. The van der Waals surface area contributed by atoms with E-state index in [1.54, 1.807) is 6.92 Å². The van der Waals surface area contributed by atoms with Gasteiger partial charge >= 0.3 is 0 Å². The van der Waals surface area contributed by atoms with Crippen LogP contribution in [0.4, 0.5) is 0 Å². The van der Waals surface area contributed by atoms with Gasteiger partial charge in [-0.2, -0.15) is 0 Å². The molecule has 1 aliphatic rings. The van der Waals surface area contributed by atoms with Crippen LogP contribution in [0.2, 0.25) is 0 Å². The van der Waals surface area contributed by atoms with Crippen molar-refractivity contribution in [1.82, 2.24) is 0 Å². The minimum atomic E-state index is -3.40. The molecule has 2 rings (SSSR count). The van der Waals surface area contributed by atoms with E-state index < -0.39 is 9.84 Å². The molecule has 0 N–H and O–H groups in total. The summed E-state index contributed by atoms with van der Waals surface area (Å²) in [5.74, 6) is -0.633. The first-order valence-corrected chi connectivity index (χ1v) is 6.79. The fraction of sp³-hybridized carbons (Fsp3) is 0.417. The summed E-state index contributed by atoms with van der Waals surface area (Å²) in [7, 11) is -3.40. The lowest BCUT2D eigenvalue weighted by Crippen LogP contribution is -2.04.